The number of nitrogens with two attached hydrogens (primary N) is 1. The van der Waals surface area contributed by atoms with E-state index in [-0.39, 0.29) is 5.82 Å². The molecule has 0 aliphatic rings. The molecular formula is C9H13FN4. The van der Waals surface area contributed by atoms with Crippen molar-refractivity contribution in [1.82, 2.24) is 5.43 Å². The third-order valence-electron chi connectivity index (χ3n) is 1.56. The molecule has 4 N–H and O–H groups in total. The predicted octanol–water partition coefficient (Wildman–Crippen LogP) is 1.08. The van der Waals surface area contributed by atoms with E-state index in [9.17, 15) is 4.39 Å². The number of anilines is 1. The first-order valence-electron chi connectivity index (χ1n) is 4.30. The van der Waals surface area contributed by atoms with Gasteiger partial charge in [0.05, 0.1) is 0 Å². The van der Waals surface area contributed by atoms with Crippen molar-refractivity contribution >= 4 is 11.6 Å². The number of nitrogens with one attached hydrogen (secondary N) is 2. The zero-order valence-electron chi connectivity index (χ0n) is 7.92. The Morgan fingerprint density at radius 3 is 2.57 bits per heavy atom. The number of hydrogen-bond acceptors (Lipinski definition) is 2. The lowest BCUT2D eigenvalue weighted by atomic mass is 10.3. The van der Waals surface area contributed by atoms with Crippen molar-refractivity contribution in [3.8, 4) is 0 Å². The summed E-state index contributed by atoms with van der Waals surface area (Å²) in [5, 5.41) is 2.90. The van der Waals surface area contributed by atoms with E-state index in [1.807, 2.05) is 6.92 Å². The lowest BCUT2D eigenvalue weighted by molar-refractivity contribution is 0.628. The SMILES string of the molecule is CCN=C(NN)Nc1ccc(F)cc1. The third-order valence-corrected chi connectivity index (χ3v) is 1.56. The Hall–Kier alpha value is -1.62. The van der Waals surface area contributed by atoms with E-state index in [0.717, 1.165) is 5.69 Å². The fraction of sp³-hybridized carbons (Fsp3) is 0.222. The first-order valence-corrected chi connectivity index (χ1v) is 4.30. The quantitative estimate of drug-likeness (QED) is 0.287. The van der Waals surface area contributed by atoms with E-state index in [1.54, 1.807) is 12.1 Å². The average molecular weight is 196 g/mol. The van der Waals surface area contributed by atoms with Crippen LogP contribution < -0.4 is 16.6 Å². The van der Waals surface area contributed by atoms with Gasteiger partial charge in [-0.15, -0.1) is 0 Å². The molecule has 4 nitrogen and oxygen atoms in total. The highest BCUT2D eigenvalue weighted by molar-refractivity contribution is 5.93. The Labute approximate surface area is 82.0 Å². The minimum atomic E-state index is -0.273. The molecule has 1 aromatic rings. The molecule has 0 heterocycles. The van der Waals surface area contributed by atoms with Crippen molar-refractivity contribution < 1.29 is 4.39 Å². The predicted molar refractivity (Wildman–Crippen MR) is 55.3 cm³/mol. The molecule has 0 fully saturated rings. The van der Waals surface area contributed by atoms with Gasteiger partial charge in [0.15, 0.2) is 0 Å². The van der Waals surface area contributed by atoms with Gasteiger partial charge in [-0.2, -0.15) is 0 Å². The first kappa shape index (κ1) is 10.5. The van der Waals surface area contributed by atoms with E-state index in [2.05, 4.69) is 15.7 Å². The van der Waals surface area contributed by atoms with Gasteiger partial charge in [-0.3, -0.25) is 10.4 Å². The number of guanidine groups is 1. The normalized spacial score (nSPS) is 11.2. The van der Waals surface area contributed by atoms with Crippen molar-refractivity contribution in [2.24, 2.45) is 10.8 Å². The maximum Gasteiger partial charge on any atom is 0.210 e. The van der Waals surface area contributed by atoms with Gasteiger partial charge in [-0.05, 0) is 31.2 Å². The topological polar surface area (TPSA) is 62.4 Å². The summed E-state index contributed by atoms with van der Waals surface area (Å²) < 4.78 is 12.6. The number of rotatable bonds is 2. The minimum absolute atomic E-state index is 0.273. The van der Waals surface area contributed by atoms with Crippen LogP contribution in [-0.2, 0) is 0 Å². The van der Waals surface area contributed by atoms with Crippen LogP contribution in [-0.4, -0.2) is 12.5 Å². The van der Waals surface area contributed by atoms with Gasteiger partial charge in [0, 0.05) is 12.2 Å². The Kier molecular flexibility index (Phi) is 3.87. The third kappa shape index (κ3) is 3.02. The van der Waals surface area contributed by atoms with Gasteiger partial charge in [-0.25, -0.2) is 10.2 Å². The zero-order valence-corrected chi connectivity index (χ0v) is 7.92. The van der Waals surface area contributed by atoms with Crippen molar-refractivity contribution in [2.75, 3.05) is 11.9 Å². The number of hydrogen-bond donors (Lipinski definition) is 3. The molecule has 0 saturated carbocycles. The molecular weight excluding hydrogens is 183 g/mol. The summed E-state index contributed by atoms with van der Waals surface area (Å²) >= 11 is 0. The number of hydrazine groups is 1. The number of benzene rings is 1. The standard InChI is InChI=1S/C9H13FN4/c1-2-12-9(14-11)13-8-5-3-7(10)4-6-8/h3-6H,2,11H2,1H3,(H2,12,13,14). The van der Waals surface area contributed by atoms with Gasteiger partial charge in [0.2, 0.25) is 5.96 Å². The van der Waals surface area contributed by atoms with Crippen molar-refractivity contribution in [2.45, 2.75) is 6.92 Å². The summed E-state index contributed by atoms with van der Waals surface area (Å²) in [5.74, 6) is 5.40. The monoisotopic (exact) mass is 196 g/mol. The largest absolute Gasteiger partial charge is 0.325 e. The summed E-state index contributed by atoms with van der Waals surface area (Å²) in [4.78, 5) is 4.04. The number of nitrogens with zero attached hydrogens (tertiary/aromatic N) is 1. The van der Waals surface area contributed by atoms with Crippen molar-refractivity contribution in [3.05, 3.63) is 30.1 Å². The van der Waals surface area contributed by atoms with E-state index < -0.39 is 0 Å². The molecule has 0 saturated heterocycles. The Morgan fingerprint density at radius 2 is 2.07 bits per heavy atom. The summed E-state index contributed by atoms with van der Waals surface area (Å²) in [6.07, 6.45) is 0. The second kappa shape index (κ2) is 5.18. The number of halogens is 1. The van der Waals surface area contributed by atoms with E-state index in [1.165, 1.54) is 12.1 Å². The summed E-state index contributed by atoms with van der Waals surface area (Å²) in [6, 6.07) is 5.94. The van der Waals surface area contributed by atoms with Crippen molar-refractivity contribution in [1.29, 1.82) is 0 Å². The number of aliphatic imine (C=N–C) groups is 1. The van der Waals surface area contributed by atoms with Gasteiger partial charge in [0.1, 0.15) is 5.82 Å². The fourth-order valence-corrected chi connectivity index (χ4v) is 0.949. The molecule has 0 atom stereocenters. The molecule has 0 unspecified atom stereocenters. The maximum absolute atomic E-state index is 12.6. The van der Waals surface area contributed by atoms with E-state index in [4.69, 9.17) is 5.84 Å². The molecule has 0 spiro atoms. The molecule has 0 amide bonds. The van der Waals surface area contributed by atoms with Gasteiger partial charge >= 0.3 is 0 Å². The maximum atomic E-state index is 12.6. The van der Waals surface area contributed by atoms with Crippen LogP contribution in [0, 0.1) is 5.82 Å². The van der Waals surface area contributed by atoms with Gasteiger partial charge in [-0.1, -0.05) is 0 Å². The second-order valence-electron chi connectivity index (χ2n) is 2.60. The van der Waals surface area contributed by atoms with Crippen LogP contribution in [0.15, 0.2) is 29.3 Å². The first-order chi connectivity index (χ1) is 6.76. The molecule has 14 heavy (non-hydrogen) atoms. The van der Waals surface area contributed by atoms with Crippen LogP contribution in [0.3, 0.4) is 0 Å². The summed E-state index contributed by atoms with van der Waals surface area (Å²) in [5.41, 5.74) is 3.14. The Balaban J connectivity index is 2.67. The highest BCUT2D eigenvalue weighted by atomic mass is 19.1. The second-order valence-corrected chi connectivity index (χ2v) is 2.60. The smallest absolute Gasteiger partial charge is 0.210 e. The molecule has 1 aromatic carbocycles. The van der Waals surface area contributed by atoms with Crippen LogP contribution in [0.4, 0.5) is 10.1 Å². The lowest BCUT2D eigenvalue weighted by Gasteiger charge is -2.08. The van der Waals surface area contributed by atoms with Crippen molar-refractivity contribution in [3.63, 3.8) is 0 Å². The van der Waals surface area contributed by atoms with E-state index in [0.29, 0.717) is 12.5 Å². The zero-order chi connectivity index (χ0) is 10.4. The van der Waals surface area contributed by atoms with Crippen LogP contribution >= 0.6 is 0 Å². The fourth-order valence-electron chi connectivity index (χ4n) is 0.949. The molecule has 0 radical (unpaired) electrons. The molecule has 0 aromatic heterocycles. The molecule has 5 heteroatoms. The average Bonchev–Trinajstić information content (AvgIpc) is 2.20. The molecule has 1 rings (SSSR count). The van der Waals surface area contributed by atoms with E-state index >= 15 is 0 Å². The molecule has 0 bridgehead atoms. The highest BCUT2D eigenvalue weighted by Crippen LogP contribution is 2.07. The Morgan fingerprint density at radius 1 is 1.43 bits per heavy atom. The Bertz CT molecular complexity index is 307. The molecule has 0 aliphatic carbocycles. The highest BCUT2D eigenvalue weighted by Gasteiger charge is 1.96. The van der Waals surface area contributed by atoms with Crippen LogP contribution in [0.1, 0.15) is 6.92 Å². The lowest BCUT2D eigenvalue weighted by Crippen LogP contribution is -2.36. The minimum Gasteiger partial charge on any atom is -0.325 e. The molecule has 0 aliphatic heterocycles. The van der Waals surface area contributed by atoms with Crippen LogP contribution in [0.5, 0.6) is 0 Å². The van der Waals surface area contributed by atoms with Gasteiger partial charge < -0.3 is 5.32 Å². The summed E-state index contributed by atoms with van der Waals surface area (Å²) in [6.45, 7) is 2.51. The van der Waals surface area contributed by atoms with Crippen LogP contribution in [0.2, 0.25) is 0 Å². The molecule has 76 valence electrons. The van der Waals surface area contributed by atoms with Crippen LogP contribution in [0.25, 0.3) is 0 Å². The van der Waals surface area contributed by atoms with Gasteiger partial charge in [0.25, 0.3) is 0 Å². The summed E-state index contributed by atoms with van der Waals surface area (Å²) in [7, 11) is 0.